The molecule has 7 heteroatoms. The monoisotopic (exact) mass is 436 g/mol. The fraction of sp³-hybridized carbons (Fsp3) is 0.190. The number of hydrogen-bond acceptors (Lipinski definition) is 4. The lowest BCUT2D eigenvalue weighted by Crippen LogP contribution is -2.13. The van der Waals surface area contributed by atoms with Crippen molar-refractivity contribution in [2.24, 2.45) is 0 Å². The lowest BCUT2D eigenvalue weighted by Gasteiger charge is -2.15. The zero-order chi connectivity index (χ0) is 19.9. The topological polar surface area (TPSA) is 43.4 Å². The van der Waals surface area contributed by atoms with Gasteiger partial charge in [-0.05, 0) is 42.0 Å². The Morgan fingerprint density at radius 3 is 2.39 bits per heavy atom. The Morgan fingerprint density at radius 1 is 0.929 bits per heavy atom. The average Bonchev–Trinajstić information content (AvgIpc) is 2.69. The molecule has 1 heterocycles. The molecule has 0 bridgehead atoms. The minimum absolute atomic E-state index is 0.186. The maximum absolute atomic E-state index is 6.44. The first-order chi connectivity index (χ1) is 13.6. The smallest absolute Gasteiger partial charge is 0.180 e. The van der Waals surface area contributed by atoms with Gasteiger partial charge in [-0.2, -0.15) is 0 Å². The molecule has 0 radical (unpaired) electrons. The van der Waals surface area contributed by atoms with Crippen LogP contribution in [0.25, 0.3) is 0 Å². The molecule has 0 atom stereocenters. The molecule has 0 aliphatic carbocycles. The second-order valence-corrected chi connectivity index (χ2v) is 7.24. The maximum atomic E-state index is 6.44. The van der Waals surface area contributed by atoms with E-state index < -0.39 is 0 Å². The lowest BCUT2D eigenvalue weighted by molar-refractivity contribution is 0.284. The largest absolute Gasteiger partial charge is 0.493 e. The Labute approximate surface area is 179 Å². The fourth-order valence-corrected chi connectivity index (χ4v) is 3.46. The number of benzene rings is 2. The minimum atomic E-state index is 0.186. The third kappa shape index (κ3) is 5.30. The molecular formula is C21H19Cl3N2O2. The molecule has 1 aromatic heterocycles. The normalized spacial score (nSPS) is 10.7. The molecule has 0 aliphatic rings. The molecule has 2 aromatic carbocycles. The van der Waals surface area contributed by atoms with Crippen LogP contribution in [-0.2, 0) is 19.7 Å². The van der Waals surface area contributed by atoms with E-state index in [-0.39, 0.29) is 6.61 Å². The van der Waals surface area contributed by atoms with Crippen molar-refractivity contribution in [1.82, 2.24) is 10.3 Å². The van der Waals surface area contributed by atoms with Gasteiger partial charge in [-0.3, -0.25) is 4.98 Å². The molecule has 0 aliphatic heterocycles. The zero-order valence-corrected chi connectivity index (χ0v) is 17.5. The molecule has 0 amide bonds. The number of methoxy groups -OCH3 is 1. The van der Waals surface area contributed by atoms with Crippen LogP contribution in [0.5, 0.6) is 11.5 Å². The maximum Gasteiger partial charge on any atom is 0.180 e. The molecule has 0 fully saturated rings. The van der Waals surface area contributed by atoms with Crippen LogP contribution < -0.4 is 14.8 Å². The number of nitrogens with zero attached hydrogens (tertiary/aromatic N) is 1. The molecule has 3 aromatic rings. The van der Waals surface area contributed by atoms with Gasteiger partial charge >= 0.3 is 0 Å². The van der Waals surface area contributed by atoms with Gasteiger partial charge in [-0.15, -0.1) is 0 Å². The summed E-state index contributed by atoms with van der Waals surface area (Å²) in [5.41, 5.74) is 2.64. The zero-order valence-electron chi connectivity index (χ0n) is 15.2. The summed E-state index contributed by atoms with van der Waals surface area (Å²) >= 11 is 18.8. The van der Waals surface area contributed by atoms with Crippen molar-refractivity contribution in [3.8, 4) is 11.5 Å². The van der Waals surface area contributed by atoms with Gasteiger partial charge in [0.2, 0.25) is 0 Å². The highest BCUT2D eigenvalue weighted by molar-refractivity contribution is 6.36. The van der Waals surface area contributed by atoms with E-state index >= 15 is 0 Å². The number of rotatable bonds is 8. The van der Waals surface area contributed by atoms with E-state index in [4.69, 9.17) is 44.3 Å². The van der Waals surface area contributed by atoms with E-state index in [0.717, 1.165) is 11.3 Å². The predicted molar refractivity (Wildman–Crippen MR) is 114 cm³/mol. The van der Waals surface area contributed by atoms with Crippen LogP contribution in [0.4, 0.5) is 0 Å². The molecule has 0 unspecified atom stereocenters. The summed E-state index contributed by atoms with van der Waals surface area (Å²) in [7, 11) is 1.58. The van der Waals surface area contributed by atoms with Gasteiger partial charge in [0, 0.05) is 34.9 Å². The van der Waals surface area contributed by atoms with Crippen molar-refractivity contribution in [3.05, 3.63) is 86.6 Å². The molecule has 28 heavy (non-hydrogen) atoms. The van der Waals surface area contributed by atoms with E-state index in [9.17, 15) is 0 Å². The van der Waals surface area contributed by atoms with Crippen LogP contribution in [0, 0.1) is 0 Å². The Morgan fingerprint density at radius 2 is 1.71 bits per heavy atom. The van der Waals surface area contributed by atoms with Crippen LogP contribution >= 0.6 is 34.8 Å². The van der Waals surface area contributed by atoms with Crippen LogP contribution in [-0.4, -0.2) is 12.1 Å². The minimum Gasteiger partial charge on any atom is -0.493 e. The summed E-state index contributed by atoms with van der Waals surface area (Å²) in [6, 6.07) is 14.9. The van der Waals surface area contributed by atoms with Crippen molar-refractivity contribution in [2.45, 2.75) is 19.7 Å². The second-order valence-electron chi connectivity index (χ2n) is 6.02. The molecule has 4 nitrogen and oxygen atoms in total. The Hall–Kier alpha value is -1.98. The van der Waals surface area contributed by atoms with E-state index in [1.54, 1.807) is 31.5 Å². The number of aromatic nitrogens is 1. The highest BCUT2D eigenvalue weighted by atomic mass is 35.5. The lowest BCUT2D eigenvalue weighted by atomic mass is 10.2. The molecule has 0 saturated heterocycles. The number of ether oxygens (including phenoxy) is 2. The van der Waals surface area contributed by atoms with Gasteiger partial charge in [-0.1, -0.05) is 46.9 Å². The van der Waals surface area contributed by atoms with E-state index in [1.807, 2.05) is 30.3 Å². The molecule has 0 spiro atoms. The highest BCUT2D eigenvalue weighted by Gasteiger charge is 2.14. The van der Waals surface area contributed by atoms with Gasteiger partial charge in [0.1, 0.15) is 6.61 Å². The van der Waals surface area contributed by atoms with Crippen LogP contribution in [0.3, 0.4) is 0 Å². The third-order valence-electron chi connectivity index (χ3n) is 4.07. The number of pyridine rings is 1. The molecular weight excluding hydrogens is 419 g/mol. The standard InChI is InChI=1S/C21H19Cl3N2O2/c1-27-20-10-14(11-25-12-15-5-2-3-8-26-15)9-19(24)21(20)28-13-16-17(22)6-4-7-18(16)23/h2-10,25H,11-13H2,1H3. The average molecular weight is 438 g/mol. The summed E-state index contributed by atoms with van der Waals surface area (Å²) in [6.07, 6.45) is 1.77. The fourth-order valence-electron chi connectivity index (χ4n) is 2.67. The Kier molecular flexibility index (Phi) is 7.40. The quantitative estimate of drug-likeness (QED) is 0.475. The Bertz CT molecular complexity index is 916. The third-order valence-corrected chi connectivity index (χ3v) is 5.06. The molecule has 3 rings (SSSR count). The van der Waals surface area contributed by atoms with Gasteiger partial charge in [0.25, 0.3) is 0 Å². The molecule has 146 valence electrons. The Balaban J connectivity index is 1.69. The second kappa shape index (κ2) is 9.99. The van der Waals surface area contributed by atoms with Crippen molar-refractivity contribution in [1.29, 1.82) is 0 Å². The summed E-state index contributed by atoms with van der Waals surface area (Å²) in [4.78, 5) is 4.29. The van der Waals surface area contributed by atoms with Crippen LogP contribution in [0.1, 0.15) is 16.8 Å². The van der Waals surface area contributed by atoms with E-state index in [0.29, 0.717) is 45.2 Å². The summed E-state index contributed by atoms with van der Waals surface area (Å²) in [6.45, 7) is 1.46. The molecule has 0 saturated carbocycles. The van der Waals surface area contributed by atoms with E-state index in [1.165, 1.54) is 0 Å². The number of nitrogens with one attached hydrogen (secondary N) is 1. The first-order valence-electron chi connectivity index (χ1n) is 8.61. The van der Waals surface area contributed by atoms with Crippen LogP contribution in [0.15, 0.2) is 54.7 Å². The van der Waals surface area contributed by atoms with Gasteiger partial charge in [0.05, 0.1) is 17.8 Å². The summed E-state index contributed by atoms with van der Waals surface area (Å²) in [5, 5.41) is 4.87. The SMILES string of the molecule is COc1cc(CNCc2ccccn2)cc(Cl)c1OCc1c(Cl)cccc1Cl. The predicted octanol–water partition coefficient (Wildman–Crippen LogP) is 5.92. The first-order valence-corrected chi connectivity index (χ1v) is 9.74. The van der Waals surface area contributed by atoms with Crippen LogP contribution in [0.2, 0.25) is 15.1 Å². The molecule has 1 N–H and O–H groups in total. The van der Waals surface area contributed by atoms with Crippen molar-refractivity contribution >= 4 is 34.8 Å². The number of hydrogen-bond donors (Lipinski definition) is 1. The van der Waals surface area contributed by atoms with Gasteiger partial charge < -0.3 is 14.8 Å². The van der Waals surface area contributed by atoms with E-state index in [2.05, 4.69) is 10.3 Å². The van der Waals surface area contributed by atoms with Crippen molar-refractivity contribution in [2.75, 3.05) is 7.11 Å². The van der Waals surface area contributed by atoms with Gasteiger partial charge in [-0.25, -0.2) is 0 Å². The number of halogens is 3. The summed E-state index contributed by atoms with van der Waals surface area (Å²) in [5.74, 6) is 0.999. The van der Waals surface area contributed by atoms with Gasteiger partial charge in [0.15, 0.2) is 11.5 Å². The first kappa shape index (κ1) is 20.7. The highest BCUT2D eigenvalue weighted by Crippen LogP contribution is 2.38. The van der Waals surface area contributed by atoms with Crippen molar-refractivity contribution < 1.29 is 9.47 Å². The summed E-state index contributed by atoms with van der Waals surface area (Å²) < 4.78 is 11.3. The van der Waals surface area contributed by atoms with Crippen molar-refractivity contribution in [3.63, 3.8) is 0 Å².